The second-order valence-electron chi connectivity index (χ2n) is 5.34. The van der Waals surface area contributed by atoms with Crippen LogP contribution in [0.2, 0.25) is 0 Å². The molecule has 2 aromatic rings. The van der Waals surface area contributed by atoms with Crippen LogP contribution in [-0.2, 0) is 12.7 Å². The smallest absolute Gasteiger partial charge is 0.378 e. The molecule has 0 aliphatic heterocycles. The summed E-state index contributed by atoms with van der Waals surface area (Å²) in [5.74, 6) is 0. The number of carbonyl (C=O) groups is 1. The molecule has 0 aliphatic carbocycles. The average Bonchev–Trinajstić information content (AvgIpc) is 2.63. The van der Waals surface area contributed by atoms with E-state index in [1.807, 2.05) is 0 Å². The molecule has 0 spiro atoms. The number of halogens is 3. The van der Waals surface area contributed by atoms with Gasteiger partial charge in [0.05, 0.1) is 22.7 Å². The second kappa shape index (κ2) is 8.83. The summed E-state index contributed by atoms with van der Waals surface area (Å²) in [6.07, 6.45) is -3.08. The Hall–Kier alpha value is -3.37. The summed E-state index contributed by atoms with van der Waals surface area (Å²) in [5.41, 5.74) is -1.19. The fraction of sp³-hybridized carbons (Fsp3) is 0.250. The molecule has 0 fully saturated rings. The molecule has 0 saturated carbocycles. The Bertz CT molecular complexity index is 800. The van der Waals surface area contributed by atoms with Gasteiger partial charge in [-0.05, 0) is 24.3 Å². The first-order chi connectivity index (χ1) is 12.8. The van der Waals surface area contributed by atoms with Gasteiger partial charge in [-0.1, -0.05) is 6.07 Å². The summed E-state index contributed by atoms with van der Waals surface area (Å²) in [6.45, 7) is 0.417. The van der Waals surface area contributed by atoms with Crippen LogP contribution >= 0.6 is 0 Å². The first-order valence-electron chi connectivity index (χ1n) is 7.78. The number of hydrogen-bond donors (Lipinski definition) is 3. The van der Waals surface area contributed by atoms with Gasteiger partial charge in [-0.15, -0.1) is 0 Å². The minimum atomic E-state index is -4.67. The lowest BCUT2D eigenvalue weighted by molar-refractivity contribution is -0.384. The van der Waals surface area contributed by atoms with Crippen LogP contribution < -0.4 is 16.0 Å². The molecule has 27 heavy (non-hydrogen) atoms. The molecule has 3 N–H and O–H groups in total. The van der Waals surface area contributed by atoms with Gasteiger partial charge in [-0.3, -0.25) is 15.1 Å². The van der Waals surface area contributed by atoms with E-state index in [2.05, 4.69) is 20.9 Å². The van der Waals surface area contributed by atoms with E-state index in [4.69, 9.17) is 0 Å². The van der Waals surface area contributed by atoms with Crippen molar-refractivity contribution in [2.45, 2.75) is 12.7 Å². The minimum Gasteiger partial charge on any atom is -0.378 e. The lowest BCUT2D eigenvalue weighted by atomic mass is 10.1. The summed E-state index contributed by atoms with van der Waals surface area (Å²) >= 11 is 0. The van der Waals surface area contributed by atoms with Gasteiger partial charge in [0.15, 0.2) is 0 Å². The monoisotopic (exact) mass is 383 g/mol. The van der Waals surface area contributed by atoms with Crippen molar-refractivity contribution in [2.24, 2.45) is 0 Å². The zero-order valence-corrected chi connectivity index (χ0v) is 13.9. The maximum Gasteiger partial charge on any atom is 0.416 e. The standard InChI is InChI=1S/C16H16F3N5O3/c17-16(18,19)11-4-5-13(14(9-11)24(26)27)21-7-8-22-15(25)23-10-12-3-1-2-6-20-12/h1-6,9,21H,7-8,10H2,(H2,22,23,25). The van der Waals surface area contributed by atoms with Crippen molar-refractivity contribution >= 4 is 17.4 Å². The van der Waals surface area contributed by atoms with Gasteiger partial charge < -0.3 is 16.0 Å². The number of nitro benzene ring substituents is 1. The van der Waals surface area contributed by atoms with Crippen molar-refractivity contribution in [2.75, 3.05) is 18.4 Å². The highest BCUT2D eigenvalue weighted by Gasteiger charge is 2.32. The van der Waals surface area contributed by atoms with Gasteiger partial charge in [0.25, 0.3) is 5.69 Å². The van der Waals surface area contributed by atoms with Gasteiger partial charge >= 0.3 is 12.2 Å². The topological polar surface area (TPSA) is 109 Å². The predicted molar refractivity (Wildman–Crippen MR) is 91.1 cm³/mol. The van der Waals surface area contributed by atoms with Crippen molar-refractivity contribution in [3.05, 3.63) is 64.0 Å². The molecule has 1 aromatic carbocycles. The van der Waals surface area contributed by atoms with Crippen LogP contribution in [0.1, 0.15) is 11.3 Å². The van der Waals surface area contributed by atoms with Crippen molar-refractivity contribution in [3.63, 3.8) is 0 Å². The molecule has 11 heteroatoms. The Morgan fingerprint density at radius 3 is 2.56 bits per heavy atom. The Balaban J connectivity index is 1.82. The van der Waals surface area contributed by atoms with Crippen LogP contribution in [0.25, 0.3) is 0 Å². The fourth-order valence-corrected chi connectivity index (χ4v) is 2.12. The Kier molecular flexibility index (Phi) is 6.52. The first kappa shape index (κ1) is 19.9. The number of carbonyl (C=O) groups excluding carboxylic acids is 1. The Labute approximate surface area is 151 Å². The van der Waals surface area contributed by atoms with E-state index in [-0.39, 0.29) is 25.3 Å². The largest absolute Gasteiger partial charge is 0.416 e. The third-order valence-corrected chi connectivity index (χ3v) is 3.40. The van der Waals surface area contributed by atoms with Crippen LogP contribution in [0.4, 0.5) is 29.3 Å². The van der Waals surface area contributed by atoms with Crippen molar-refractivity contribution in [1.82, 2.24) is 15.6 Å². The zero-order chi connectivity index (χ0) is 19.9. The highest BCUT2D eigenvalue weighted by atomic mass is 19.4. The van der Waals surface area contributed by atoms with E-state index in [1.54, 1.807) is 24.4 Å². The van der Waals surface area contributed by atoms with Gasteiger partial charge in [-0.25, -0.2) is 4.79 Å². The third-order valence-electron chi connectivity index (χ3n) is 3.40. The maximum atomic E-state index is 12.7. The lowest BCUT2D eigenvalue weighted by Crippen LogP contribution is -2.37. The molecular formula is C16H16F3N5O3. The van der Waals surface area contributed by atoms with Gasteiger partial charge in [-0.2, -0.15) is 13.2 Å². The van der Waals surface area contributed by atoms with Gasteiger partial charge in [0.1, 0.15) is 5.69 Å². The Morgan fingerprint density at radius 1 is 1.15 bits per heavy atom. The van der Waals surface area contributed by atoms with Crippen LogP contribution in [0, 0.1) is 10.1 Å². The molecule has 8 nitrogen and oxygen atoms in total. The van der Waals surface area contributed by atoms with Crippen molar-refractivity contribution < 1.29 is 22.9 Å². The summed E-state index contributed by atoms with van der Waals surface area (Å²) in [7, 11) is 0. The number of nitrogens with one attached hydrogen (secondary N) is 3. The van der Waals surface area contributed by atoms with E-state index in [0.717, 1.165) is 12.1 Å². The molecule has 2 rings (SSSR count). The Morgan fingerprint density at radius 2 is 1.93 bits per heavy atom. The number of benzene rings is 1. The van der Waals surface area contributed by atoms with Crippen LogP contribution in [0.15, 0.2) is 42.6 Å². The summed E-state index contributed by atoms with van der Waals surface area (Å²) in [4.78, 5) is 25.8. The zero-order valence-electron chi connectivity index (χ0n) is 13.9. The highest BCUT2D eigenvalue weighted by molar-refractivity contribution is 5.73. The number of pyridine rings is 1. The molecule has 1 aromatic heterocycles. The number of aromatic nitrogens is 1. The molecule has 0 atom stereocenters. The second-order valence-corrected chi connectivity index (χ2v) is 5.34. The number of anilines is 1. The van der Waals surface area contributed by atoms with Gasteiger partial charge in [0, 0.05) is 25.4 Å². The van der Waals surface area contributed by atoms with E-state index < -0.39 is 28.4 Å². The van der Waals surface area contributed by atoms with Gasteiger partial charge in [0.2, 0.25) is 0 Å². The fourth-order valence-electron chi connectivity index (χ4n) is 2.12. The SMILES string of the molecule is O=C(NCCNc1ccc(C(F)(F)F)cc1[N+](=O)[O-])NCc1ccccn1. The molecule has 144 valence electrons. The van der Waals surface area contributed by atoms with E-state index >= 15 is 0 Å². The van der Waals surface area contributed by atoms with Crippen molar-refractivity contribution in [3.8, 4) is 0 Å². The molecule has 1 heterocycles. The molecular weight excluding hydrogens is 367 g/mol. The van der Waals surface area contributed by atoms with Crippen molar-refractivity contribution in [1.29, 1.82) is 0 Å². The third kappa shape index (κ3) is 6.13. The summed E-state index contributed by atoms with van der Waals surface area (Å²) < 4.78 is 38.0. The molecule has 0 aliphatic rings. The lowest BCUT2D eigenvalue weighted by Gasteiger charge is -2.11. The summed E-state index contributed by atoms with van der Waals surface area (Å²) in [5, 5.41) is 18.7. The predicted octanol–water partition coefficient (Wildman–Crippen LogP) is 2.92. The number of amides is 2. The average molecular weight is 383 g/mol. The molecule has 0 radical (unpaired) electrons. The molecule has 0 saturated heterocycles. The van der Waals surface area contributed by atoms with Crippen LogP contribution in [-0.4, -0.2) is 29.0 Å². The first-order valence-corrected chi connectivity index (χ1v) is 7.78. The highest BCUT2D eigenvalue weighted by Crippen LogP contribution is 2.34. The normalized spacial score (nSPS) is 10.9. The molecule has 2 amide bonds. The van der Waals surface area contributed by atoms with Crippen LogP contribution in [0.3, 0.4) is 0 Å². The maximum absolute atomic E-state index is 12.7. The number of nitro groups is 1. The number of hydrogen-bond acceptors (Lipinski definition) is 5. The quantitative estimate of drug-likeness (QED) is 0.387. The molecule has 0 bridgehead atoms. The molecule has 0 unspecified atom stereocenters. The number of rotatable bonds is 7. The van der Waals surface area contributed by atoms with E-state index in [1.165, 1.54) is 0 Å². The number of alkyl halides is 3. The van der Waals surface area contributed by atoms with E-state index in [9.17, 15) is 28.1 Å². The van der Waals surface area contributed by atoms with Crippen LogP contribution in [0.5, 0.6) is 0 Å². The minimum absolute atomic E-state index is 0.0660. The van der Waals surface area contributed by atoms with E-state index in [0.29, 0.717) is 11.8 Å². The number of nitrogens with zero attached hydrogens (tertiary/aromatic N) is 2. The number of urea groups is 1. The summed E-state index contributed by atoms with van der Waals surface area (Å²) in [6, 6.07) is 7.01.